The van der Waals surface area contributed by atoms with Crippen molar-refractivity contribution in [2.45, 2.75) is 13.8 Å². The molecule has 2 aromatic carbocycles. The van der Waals surface area contributed by atoms with E-state index in [1.54, 1.807) is 24.5 Å². The van der Waals surface area contributed by atoms with Gasteiger partial charge in [0.25, 0.3) is 0 Å². The Bertz CT molecular complexity index is 714. The molecule has 0 unspecified atom stereocenters. The maximum absolute atomic E-state index is 11.8. The van der Waals surface area contributed by atoms with Crippen LogP contribution in [0.15, 0.2) is 60.7 Å². The van der Waals surface area contributed by atoms with Gasteiger partial charge in [0.15, 0.2) is 5.78 Å². The fraction of sp³-hybridized carbons (Fsp3) is 0.200. The summed E-state index contributed by atoms with van der Waals surface area (Å²) in [7, 11) is 0. The van der Waals surface area contributed by atoms with Crippen LogP contribution in [0.1, 0.15) is 29.8 Å². The minimum Gasteiger partial charge on any atom is -0.450 e. The minimum absolute atomic E-state index is 0.0752. The predicted octanol–water partition coefficient (Wildman–Crippen LogP) is 3.52. The Morgan fingerprint density at radius 3 is 1.36 bits per heavy atom. The first-order valence-corrected chi connectivity index (χ1v) is 8.54. The molecule has 0 aliphatic rings. The van der Waals surface area contributed by atoms with Crippen LogP contribution in [-0.4, -0.2) is 37.2 Å². The van der Waals surface area contributed by atoms with Crippen molar-refractivity contribution in [2.75, 3.05) is 13.2 Å². The number of rotatable bonds is 4. The number of imide groups is 2. The summed E-state index contributed by atoms with van der Waals surface area (Å²) in [4.78, 5) is 43.9. The quantitative estimate of drug-likeness (QED) is 0.778. The SMILES string of the molecule is CCOC(=O)NC(=O)NC(=O)OCC.O=C(c1ccccc1)c1ccccc1. The molecular formula is C20H22N2O6. The molecule has 0 atom stereocenters. The van der Waals surface area contributed by atoms with E-state index in [-0.39, 0.29) is 19.0 Å². The number of benzene rings is 2. The summed E-state index contributed by atoms with van der Waals surface area (Å²) in [5, 5.41) is 3.52. The number of amides is 4. The summed E-state index contributed by atoms with van der Waals surface area (Å²) in [6.45, 7) is 3.45. The Morgan fingerprint density at radius 1 is 0.679 bits per heavy atom. The largest absolute Gasteiger partial charge is 0.450 e. The van der Waals surface area contributed by atoms with Gasteiger partial charge in [0.05, 0.1) is 13.2 Å². The van der Waals surface area contributed by atoms with Crippen molar-refractivity contribution in [3.05, 3.63) is 71.8 Å². The second-order valence-electron chi connectivity index (χ2n) is 5.08. The molecular weight excluding hydrogens is 364 g/mol. The minimum atomic E-state index is -0.984. The zero-order chi connectivity index (χ0) is 20.8. The molecule has 0 aliphatic carbocycles. The average Bonchev–Trinajstić information content (AvgIpc) is 2.69. The van der Waals surface area contributed by atoms with E-state index in [1.165, 1.54) is 0 Å². The van der Waals surface area contributed by atoms with Gasteiger partial charge in [0.1, 0.15) is 0 Å². The third-order valence-corrected chi connectivity index (χ3v) is 3.05. The molecule has 0 fully saturated rings. The van der Waals surface area contributed by atoms with Gasteiger partial charge >= 0.3 is 18.2 Å². The number of nitrogens with one attached hydrogen (secondary N) is 2. The number of carbonyl (C=O) groups is 4. The van der Waals surface area contributed by atoms with Crippen LogP contribution in [0.25, 0.3) is 0 Å². The summed E-state index contributed by atoms with van der Waals surface area (Å²) in [5.41, 5.74) is 1.47. The van der Waals surface area contributed by atoms with Crippen LogP contribution in [0.5, 0.6) is 0 Å². The molecule has 0 bridgehead atoms. The van der Waals surface area contributed by atoms with E-state index < -0.39 is 18.2 Å². The van der Waals surface area contributed by atoms with E-state index in [0.29, 0.717) is 0 Å². The molecule has 0 saturated carbocycles. The van der Waals surface area contributed by atoms with Crippen molar-refractivity contribution < 1.29 is 28.7 Å². The van der Waals surface area contributed by atoms with E-state index >= 15 is 0 Å². The molecule has 2 rings (SSSR count). The molecule has 2 aromatic rings. The van der Waals surface area contributed by atoms with E-state index in [4.69, 9.17) is 0 Å². The fourth-order valence-electron chi connectivity index (χ4n) is 1.90. The van der Waals surface area contributed by atoms with Gasteiger partial charge in [-0.15, -0.1) is 0 Å². The first kappa shape index (κ1) is 22.4. The topological polar surface area (TPSA) is 111 Å². The van der Waals surface area contributed by atoms with Crippen molar-refractivity contribution in [3.63, 3.8) is 0 Å². The average molecular weight is 386 g/mol. The number of ketones is 1. The molecule has 0 heterocycles. The van der Waals surface area contributed by atoms with Crippen LogP contribution in [0.4, 0.5) is 14.4 Å². The van der Waals surface area contributed by atoms with Gasteiger partial charge in [-0.25, -0.2) is 25.0 Å². The Labute approximate surface area is 162 Å². The lowest BCUT2D eigenvalue weighted by molar-refractivity contribution is 0.103. The molecule has 8 heteroatoms. The van der Waals surface area contributed by atoms with Gasteiger partial charge < -0.3 is 9.47 Å². The van der Waals surface area contributed by atoms with E-state index in [2.05, 4.69) is 9.47 Å². The van der Waals surface area contributed by atoms with E-state index in [9.17, 15) is 19.2 Å². The standard InChI is InChI=1S/C13H10O.C7H12N2O5/c14-13(11-7-3-1-4-8-11)12-9-5-2-6-10-12;1-3-13-6(11)8-5(10)9-7(12)14-4-2/h1-10H;3-4H2,1-2H3,(H2,8,9,10,11,12). The molecule has 8 nitrogen and oxygen atoms in total. The molecule has 28 heavy (non-hydrogen) atoms. The first-order valence-electron chi connectivity index (χ1n) is 8.54. The van der Waals surface area contributed by atoms with Crippen LogP contribution in [0.2, 0.25) is 0 Å². The van der Waals surface area contributed by atoms with E-state index in [0.717, 1.165) is 11.1 Å². The second kappa shape index (κ2) is 12.6. The molecule has 2 N–H and O–H groups in total. The van der Waals surface area contributed by atoms with Crippen LogP contribution in [-0.2, 0) is 9.47 Å². The molecule has 4 amide bonds. The van der Waals surface area contributed by atoms with Crippen LogP contribution >= 0.6 is 0 Å². The number of hydrogen-bond acceptors (Lipinski definition) is 6. The first-order chi connectivity index (χ1) is 13.5. The Kier molecular flexibility index (Phi) is 10.1. The fourth-order valence-corrected chi connectivity index (χ4v) is 1.90. The van der Waals surface area contributed by atoms with Crippen LogP contribution < -0.4 is 10.6 Å². The molecule has 0 aromatic heterocycles. The summed E-state index contributed by atoms with van der Waals surface area (Å²) in [6.07, 6.45) is -1.84. The molecule has 148 valence electrons. The van der Waals surface area contributed by atoms with Crippen molar-refractivity contribution in [1.82, 2.24) is 10.6 Å². The van der Waals surface area contributed by atoms with Gasteiger partial charge in [0, 0.05) is 11.1 Å². The number of alkyl carbamates (subject to hydrolysis) is 2. The van der Waals surface area contributed by atoms with E-state index in [1.807, 2.05) is 60.7 Å². The monoisotopic (exact) mass is 386 g/mol. The number of hydrogen-bond donors (Lipinski definition) is 2. The zero-order valence-electron chi connectivity index (χ0n) is 15.6. The second-order valence-corrected chi connectivity index (χ2v) is 5.08. The highest BCUT2D eigenvalue weighted by molar-refractivity contribution is 6.08. The lowest BCUT2D eigenvalue weighted by Gasteiger charge is -2.04. The summed E-state index contributed by atoms with van der Waals surface area (Å²) < 4.78 is 8.78. The maximum atomic E-state index is 11.8. The molecule has 0 saturated heterocycles. The molecule has 0 aliphatic heterocycles. The van der Waals surface area contributed by atoms with Crippen LogP contribution in [0, 0.1) is 0 Å². The smallest absolute Gasteiger partial charge is 0.415 e. The van der Waals surface area contributed by atoms with Gasteiger partial charge in [-0.2, -0.15) is 0 Å². The van der Waals surface area contributed by atoms with Gasteiger partial charge in [-0.3, -0.25) is 4.79 Å². The van der Waals surface area contributed by atoms with Crippen molar-refractivity contribution >= 4 is 24.0 Å². The van der Waals surface area contributed by atoms with Crippen LogP contribution in [0.3, 0.4) is 0 Å². The summed E-state index contributed by atoms with van der Waals surface area (Å²) in [5.74, 6) is 0.0752. The molecule has 0 radical (unpaired) electrons. The summed E-state index contributed by atoms with van der Waals surface area (Å²) in [6, 6.07) is 17.6. The third-order valence-electron chi connectivity index (χ3n) is 3.05. The van der Waals surface area contributed by atoms with Crippen molar-refractivity contribution in [1.29, 1.82) is 0 Å². The van der Waals surface area contributed by atoms with Gasteiger partial charge in [0.2, 0.25) is 0 Å². The number of carbonyl (C=O) groups excluding carboxylic acids is 4. The lowest BCUT2D eigenvalue weighted by Crippen LogP contribution is -2.42. The zero-order valence-corrected chi connectivity index (χ0v) is 15.6. The van der Waals surface area contributed by atoms with Crippen molar-refractivity contribution in [3.8, 4) is 0 Å². The van der Waals surface area contributed by atoms with Gasteiger partial charge in [-0.05, 0) is 13.8 Å². The lowest BCUT2D eigenvalue weighted by atomic mass is 10.0. The summed E-state index contributed by atoms with van der Waals surface area (Å²) >= 11 is 0. The third kappa shape index (κ3) is 8.61. The highest BCUT2D eigenvalue weighted by Gasteiger charge is 2.11. The van der Waals surface area contributed by atoms with Crippen molar-refractivity contribution in [2.24, 2.45) is 0 Å². The normalized spacial score (nSPS) is 9.21. The Hall–Kier alpha value is -3.68. The van der Waals surface area contributed by atoms with Gasteiger partial charge in [-0.1, -0.05) is 60.7 Å². The molecule has 0 spiro atoms. The Morgan fingerprint density at radius 2 is 1.04 bits per heavy atom. The number of urea groups is 1. The number of ether oxygens (including phenoxy) is 2. The predicted molar refractivity (Wildman–Crippen MR) is 102 cm³/mol. The maximum Gasteiger partial charge on any atom is 0.415 e. The Balaban J connectivity index is 0.000000280. The highest BCUT2D eigenvalue weighted by Crippen LogP contribution is 2.08. The highest BCUT2D eigenvalue weighted by atomic mass is 16.6.